The van der Waals surface area contributed by atoms with E-state index in [0.29, 0.717) is 16.9 Å². The average molecular weight is 363 g/mol. The van der Waals surface area contributed by atoms with Crippen LogP contribution in [0.3, 0.4) is 0 Å². The van der Waals surface area contributed by atoms with Crippen LogP contribution in [0.2, 0.25) is 0 Å². The van der Waals surface area contributed by atoms with Crippen LogP contribution in [0, 0.1) is 0 Å². The van der Waals surface area contributed by atoms with Gasteiger partial charge in [0.2, 0.25) is 11.8 Å². The van der Waals surface area contributed by atoms with E-state index in [0.717, 1.165) is 11.0 Å². The zero-order valence-corrected chi connectivity index (χ0v) is 14.3. The molecule has 0 aliphatic carbocycles. The molecule has 1 aromatic heterocycles. The molecule has 0 spiro atoms. The second kappa shape index (κ2) is 6.91. The summed E-state index contributed by atoms with van der Waals surface area (Å²) in [7, 11) is 0. The number of H-pyrrole nitrogens is 1. The third-order valence-electron chi connectivity index (χ3n) is 4.42. The molecule has 4 rings (SSSR count). The fraction of sp³-hybridized carbons (Fsp3) is 0.158. The molecule has 0 saturated heterocycles. The van der Waals surface area contributed by atoms with Gasteiger partial charge in [0.05, 0.1) is 28.6 Å². The number of anilines is 2. The van der Waals surface area contributed by atoms with Gasteiger partial charge in [-0.15, -0.1) is 0 Å². The lowest BCUT2D eigenvalue weighted by atomic mass is 10.1. The molecule has 0 bridgehead atoms. The molecule has 27 heavy (non-hydrogen) atoms. The van der Waals surface area contributed by atoms with Crippen molar-refractivity contribution in [2.24, 2.45) is 0 Å². The number of amides is 3. The van der Waals surface area contributed by atoms with Gasteiger partial charge in [0.1, 0.15) is 6.04 Å². The molecule has 0 fully saturated rings. The standard InChI is InChI=1S/C19H17N5O3/c25-17(22-11-5-6-14-16(9-11)21-10-20-14)8-7-15-19(27)23-13-4-2-1-3-12(13)18(26)24-15/h1-6,9-10,15H,7-8H2,(H,20,21)(H,22,25)(H,23,27)(H,24,26)/t15-/m0/s1. The minimum atomic E-state index is -0.772. The first kappa shape index (κ1) is 16.8. The highest BCUT2D eigenvalue weighted by molar-refractivity contribution is 6.10. The van der Waals surface area contributed by atoms with E-state index in [1.165, 1.54) is 0 Å². The van der Waals surface area contributed by atoms with Crippen LogP contribution in [-0.4, -0.2) is 33.7 Å². The number of benzene rings is 2. The molecule has 2 aromatic carbocycles. The van der Waals surface area contributed by atoms with E-state index in [-0.39, 0.29) is 30.6 Å². The number of nitrogens with zero attached hydrogens (tertiary/aromatic N) is 1. The number of rotatable bonds is 4. The molecule has 136 valence electrons. The van der Waals surface area contributed by atoms with Gasteiger partial charge in [-0.2, -0.15) is 0 Å². The van der Waals surface area contributed by atoms with Crippen LogP contribution < -0.4 is 16.0 Å². The van der Waals surface area contributed by atoms with Gasteiger partial charge in [0, 0.05) is 12.1 Å². The Morgan fingerprint density at radius 3 is 2.89 bits per heavy atom. The molecule has 1 aliphatic rings. The van der Waals surface area contributed by atoms with E-state index in [4.69, 9.17) is 0 Å². The number of hydrogen-bond acceptors (Lipinski definition) is 4. The third kappa shape index (κ3) is 3.50. The van der Waals surface area contributed by atoms with E-state index >= 15 is 0 Å². The molecule has 1 atom stereocenters. The van der Waals surface area contributed by atoms with Crippen molar-refractivity contribution in [2.45, 2.75) is 18.9 Å². The van der Waals surface area contributed by atoms with Crippen molar-refractivity contribution in [2.75, 3.05) is 10.6 Å². The monoisotopic (exact) mass is 363 g/mol. The molecule has 3 aromatic rings. The molecule has 0 unspecified atom stereocenters. The van der Waals surface area contributed by atoms with Crippen molar-refractivity contribution in [1.29, 1.82) is 0 Å². The summed E-state index contributed by atoms with van der Waals surface area (Å²) in [6.07, 6.45) is 1.88. The van der Waals surface area contributed by atoms with Crippen molar-refractivity contribution in [3.8, 4) is 0 Å². The van der Waals surface area contributed by atoms with Crippen LogP contribution in [0.4, 0.5) is 11.4 Å². The fourth-order valence-corrected chi connectivity index (χ4v) is 3.03. The number of imidazole rings is 1. The minimum Gasteiger partial charge on any atom is -0.345 e. The minimum absolute atomic E-state index is 0.0930. The number of para-hydroxylation sites is 1. The maximum absolute atomic E-state index is 12.3. The van der Waals surface area contributed by atoms with Gasteiger partial charge in [0.25, 0.3) is 5.91 Å². The lowest BCUT2D eigenvalue weighted by Gasteiger charge is -2.14. The second-order valence-electron chi connectivity index (χ2n) is 6.28. The van der Waals surface area contributed by atoms with E-state index in [2.05, 4.69) is 25.9 Å². The van der Waals surface area contributed by atoms with Gasteiger partial charge >= 0.3 is 0 Å². The first-order chi connectivity index (χ1) is 13.1. The van der Waals surface area contributed by atoms with Crippen LogP contribution in [0.15, 0.2) is 48.8 Å². The normalized spacial score (nSPS) is 16.2. The molecule has 3 amide bonds. The maximum atomic E-state index is 12.3. The van der Waals surface area contributed by atoms with Gasteiger partial charge in [-0.1, -0.05) is 12.1 Å². The number of aromatic amines is 1. The highest BCUT2D eigenvalue weighted by Crippen LogP contribution is 2.20. The Morgan fingerprint density at radius 1 is 1.15 bits per heavy atom. The summed E-state index contributed by atoms with van der Waals surface area (Å²) in [4.78, 5) is 44.0. The summed E-state index contributed by atoms with van der Waals surface area (Å²) in [5.41, 5.74) is 3.15. The van der Waals surface area contributed by atoms with Crippen molar-refractivity contribution in [3.63, 3.8) is 0 Å². The van der Waals surface area contributed by atoms with Crippen molar-refractivity contribution in [3.05, 3.63) is 54.4 Å². The summed E-state index contributed by atoms with van der Waals surface area (Å²) in [6.45, 7) is 0. The molecular weight excluding hydrogens is 346 g/mol. The van der Waals surface area contributed by atoms with Gasteiger partial charge < -0.3 is 20.9 Å². The van der Waals surface area contributed by atoms with Gasteiger partial charge in [-0.05, 0) is 36.8 Å². The van der Waals surface area contributed by atoms with Crippen molar-refractivity contribution < 1.29 is 14.4 Å². The Balaban J connectivity index is 1.38. The van der Waals surface area contributed by atoms with Crippen molar-refractivity contribution in [1.82, 2.24) is 15.3 Å². The quantitative estimate of drug-likeness (QED) is 0.567. The summed E-state index contributed by atoms with van der Waals surface area (Å²) in [6, 6.07) is 11.4. The molecule has 4 N–H and O–H groups in total. The topological polar surface area (TPSA) is 116 Å². The Labute approximate surface area is 154 Å². The zero-order chi connectivity index (χ0) is 18.8. The number of aromatic nitrogens is 2. The molecule has 1 aliphatic heterocycles. The van der Waals surface area contributed by atoms with E-state index in [9.17, 15) is 14.4 Å². The largest absolute Gasteiger partial charge is 0.345 e. The van der Waals surface area contributed by atoms with Crippen LogP contribution in [0.25, 0.3) is 11.0 Å². The SMILES string of the molecule is O=C(CC[C@@H]1NC(=O)c2ccccc2NC1=O)Nc1ccc2nc[nH]c2c1. The van der Waals surface area contributed by atoms with Crippen LogP contribution >= 0.6 is 0 Å². The molecule has 2 heterocycles. The Morgan fingerprint density at radius 2 is 2.00 bits per heavy atom. The molecule has 8 nitrogen and oxygen atoms in total. The summed E-state index contributed by atoms with van der Waals surface area (Å²) < 4.78 is 0. The molecule has 0 saturated carbocycles. The zero-order valence-electron chi connectivity index (χ0n) is 14.3. The molecule has 0 radical (unpaired) electrons. The number of fused-ring (bicyclic) bond motifs is 2. The van der Waals surface area contributed by atoms with Gasteiger partial charge in [-0.3, -0.25) is 14.4 Å². The predicted molar refractivity (Wildman–Crippen MR) is 100 cm³/mol. The molecular formula is C19H17N5O3. The number of carbonyl (C=O) groups is 3. The summed E-state index contributed by atoms with van der Waals surface area (Å²) >= 11 is 0. The van der Waals surface area contributed by atoms with Crippen LogP contribution in [0.5, 0.6) is 0 Å². The lowest BCUT2D eigenvalue weighted by molar-refractivity contribution is -0.118. The Hall–Kier alpha value is -3.68. The second-order valence-corrected chi connectivity index (χ2v) is 6.28. The first-order valence-electron chi connectivity index (χ1n) is 8.54. The Kier molecular flexibility index (Phi) is 4.29. The number of hydrogen-bond donors (Lipinski definition) is 4. The third-order valence-corrected chi connectivity index (χ3v) is 4.42. The average Bonchev–Trinajstić information content (AvgIpc) is 3.08. The number of nitrogens with one attached hydrogen (secondary N) is 4. The van der Waals surface area contributed by atoms with E-state index in [1.54, 1.807) is 48.8 Å². The van der Waals surface area contributed by atoms with Crippen LogP contribution in [-0.2, 0) is 9.59 Å². The smallest absolute Gasteiger partial charge is 0.254 e. The highest BCUT2D eigenvalue weighted by atomic mass is 16.2. The highest BCUT2D eigenvalue weighted by Gasteiger charge is 2.27. The van der Waals surface area contributed by atoms with Crippen molar-refractivity contribution >= 4 is 40.1 Å². The van der Waals surface area contributed by atoms with Gasteiger partial charge in [0.15, 0.2) is 0 Å². The van der Waals surface area contributed by atoms with Gasteiger partial charge in [-0.25, -0.2) is 4.98 Å². The maximum Gasteiger partial charge on any atom is 0.254 e. The Bertz CT molecular complexity index is 1040. The summed E-state index contributed by atoms with van der Waals surface area (Å²) in [5, 5.41) is 8.20. The molecule has 8 heteroatoms. The van der Waals surface area contributed by atoms with E-state index < -0.39 is 6.04 Å². The lowest BCUT2D eigenvalue weighted by Crippen LogP contribution is -2.41. The fourth-order valence-electron chi connectivity index (χ4n) is 3.03. The first-order valence-corrected chi connectivity index (χ1v) is 8.54. The number of carbonyl (C=O) groups excluding carboxylic acids is 3. The predicted octanol–water partition coefficient (Wildman–Crippen LogP) is 2.03. The summed E-state index contributed by atoms with van der Waals surface area (Å²) in [5.74, 6) is -0.906. The van der Waals surface area contributed by atoms with E-state index in [1.807, 2.05) is 0 Å². The van der Waals surface area contributed by atoms with Crippen LogP contribution in [0.1, 0.15) is 23.2 Å².